The Balaban J connectivity index is 1.55. The van der Waals surface area contributed by atoms with Crippen LogP contribution in [0.25, 0.3) is 4.96 Å². The third-order valence-electron chi connectivity index (χ3n) is 5.10. The van der Waals surface area contributed by atoms with E-state index >= 15 is 0 Å². The lowest BCUT2D eigenvalue weighted by atomic mass is 9.95. The van der Waals surface area contributed by atoms with E-state index in [9.17, 15) is 0 Å². The molecule has 0 saturated heterocycles. The van der Waals surface area contributed by atoms with Crippen molar-refractivity contribution < 1.29 is 0 Å². The Hall–Kier alpha value is -0.870. The molecule has 4 heteroatoms. The summed E-state index contributed by atoms with van der Waals surface area (Å²) >= 11 is 1.74. The highest BCUT2D eigenvalue weighted by molar-refractivity contribution is 7.15. The Morgan fingerprint density at radius 3 is 3.00 bits per heavy atom. The van der Waals surface area contributed by atoms with Gasteiger partial charge in [-0.2, -0.15) is 0 Å². The number of rotatable bonds is 3. The van der Waals surface area contributed by atoms with E-state index in [0.29, 0.717) is 0 Å². The van der Waals surface area contributed by atoms with Gasteiger partial charge in [-0.1, -0.05) is 6.42 Å². The molecule has 2 saturated carbocycles. The van der Waals surface area contributed by atoms with E-state index in [1.165, 1.54) is 42.8 Å². The second-order valence-corrected chi connectivity index (χ2v) is 7.14. The lowest BCUT2D eigenvalue weighted by molar-refractivity contribution is 0.349. The SMILES string of the molecule is Cc1nc2scc(C)n2c1CNC1CC2CCC1C2. The molecule has 2 aliphatic carbocycles. The van der Waals surface area contributed by atoms with Gasteiger partial charge < -0.3 is 5.32 Å². The summed E-state index contributed by atoms with van der Waals surface area (Å²) in [7, 11) is 0. The van der Waals surface area contributed by atoms with Gasteiger partial charge in [0.2, 0.25) is 0 Å². The topological polar surface area (TPSA) is 29.3 Å². The fourth-order valence-corrected chi connectivity index (χ4v) is 5.03. The Bertz CT molecular complexity index is 612. The summed E-state index contributed by atoms with van der Waals surface area (Å²) in [5.74, 6) is 1.95. The standard InChI is InChI=1S/C15H21N3S/c1-9-8-19-15-17-10(2)14(18(9)15)7-16-13-6-11-3-4-12(13)5-11/h8,11-13,16H,3-7H2,1-2H3. The smallest absolute Gasteiger partial charge is 0.194 e. The Labute approximate surface area is 118 Å². The van der Waals surface area contributed by atoms with Gasteiger partial charge in [-0.05, 0) is 44.9 Å². The normalized spacial score (nSPS) is 29.7. The quantitative estimate of drug-likeness (QED) is 0.931. The van der Waals surface area contributed by atoms with Crippen molar-refractivity contribution >= 4 is 16.3 Å². The van der Waals surface area contributed by atoms with Crippen LogP contribution in [0.1, 0.15) is 42.8 Å². The van der Waals surface area contributed by atoms with E-state index in [1.54, 1.807) is 11.3 Å². The first-order valence-electron chi connectivity index (χ1n) is 7.38. The number of imidazole rings is 1. The van der Waals surface area contributed by atoms with Crippen LogP contribution in [0.15, 0.2) is 5.38 Å². The van der Waals surface area contributed by atoms with E-state index in [2.05, 4.69) is 33.9 Å². The fraction of sp³-hybridized carbons (Fsp3) is 0.667. The maximum absolute atomic E-state index is 4.67. The minimum Gasteiger partial charge on any atom is -0.308 e. The first-order chi connectivity index (χ1) is 9.22. The summed E-state index contributed by atoms with van der Waals surface area (Å²) in [4.78, 5) is 5.81. The summed E-state index contributed by atoms with van der Waals surface area (Å²) in [5, 5.41) is 6.01. The van der Waals surface area contributed by atoms with Crippen LogP contribution >= 0.6 is 11.3 Å². The van der Waals surface area contributed by atoms with Crippen molar-refractivity contribution in [1.29, 1.82) is 0 Å². The van der Waals surface area contributed by atoms with Gasteiger partial charge in [-0.3, -0.25) is 4.40 Å². The number of fused-ring (bicyclic) bond motifs is 3. The van der Waals surface area contributed by atoms with Crippen LogP contribution in [0.2, 0.25) is 0 Å². The van der Waals surface area contributed by atoms with Gasteiger partial charge in [0, 0.05) is 23.7 Å². The zero-order chi connectivity index (χ0) is 13.0. The zero-order valence-corrected chi connectivity index (χ0v) is 12.5. The molecule has 2 heterocycles. The predicted octanol–water partition coefficient (Wildman–Crippen LogP) is 3.29. The molecule has 0 aliphatic heterocycles. The predicted molar refractivity (Wildman–Crippen MR) is 78.6 cm³/mol. The van der Waals surface area contributed by atoms with Gasteiger partial charge in [0.05, 0.1) is 11.4 Å². The van der Waals surface area contributed by atoms with Gasteiger partial charge in [-0.25, -0.2) is 4.98 Å². The second-order valence-electron chi connectivity index (χ2n) is 6.30. The summed E-state index contributed by atoms with van der Waals surface area (Å²) < 4.78 is 2.32. The Morgan fingerprint density at radius 2 is 2.26 bits per heavy atom. The molecule has 19 heavy (non-hydrogen) atoms. The molecule has 3 nitrogen and oxygen atoms in total. The van der Waals surface area contributed by atoms with Crippen molar-refractivity contribution in [1.82, 2.24) is 14.7 Å². The average molecular weight is 275 g/mol. The molecule has 2 aromatic rings. The number of aromatic nitrogens is 2. The van der Waals surface area contributed by atoms with Crippen molar-refractivity contribution in [3.8, 4) is 0 Å². The number of hydrogen-bond donors (Lipinski definition) is 1. The molecular weight excluding hydrogens is 254 g/mol. The first-order valence-corrected chi connectivity index (χ1v) is 8.25. The number of nitrogens with zero attached hydrogens (tertiary/aromatic N) is 2. The first kappa shape index (κ1) is 11.9. The van der Waals surface area contributed by atoms with E-state index in [4.69, 9.17) is 0 Å². The highest BCUT2D eigenvalue weighted by Gasteiger charge is 2.39. The molecule has 2 aliphatic rings. The summed E-state index contributed by atoms with van der Waals surface area (Å²) in [6.45, 7) is 5.28. The van der Waals surface area contributed by atoms with Crippen molar-refractivity contribution in [2.24, 2.45) is 11.8 Å². The highest BCUT2D eigenvalue weighted by atomic mass is 32.1. The van der Waals surface area contributed by atoms with Crippen LogP contribution in [-0.4, -0.2) is 15.4 Å². The molecule has 3 atom stereocenters. The molecule has 2 aromatic heterocycles. The molecule has 102 valence electrons. The van der Waals surface area contributed by atoms with Crippen LogP contribution in [0.5, 0.6) is 0 Å². The number of nitrogens with one attached hydrogen (secondary N) is 1. The lowest BCUT2D eigenvalue weighted by Gasteiger charge is -2.23. The van der Waals surface area contributed by atoms with Crippen LogP contribution in [0, 0.1) is 25.7 Å². The molecule has 3 unspecified atom stereocenters. The van der Waals surface area contributed by atoms with E-state index in [1.807, 2.05) is 0 Å². The molecule has 0 aromatic carbocycles. The number of hydrogen-bond acceptors (Lipinski definition) is 3. The van der Waals surface area contributed by atoms with Crippen molar-refractivity contribution in [3.05, 3.63) is 22.5 Å². The lowest BCUT2D eigenvalue weighted by Crippen LogP contribution is -2.33. The van der Waals surface area contributed by atoms with E-state index < -0.39 is 0 Å². The van der Waals surface area contributed by atoms with Gasteiger partial charge in [0.1, 0.15) is 0 Å². The van der Waals surface area contributed by atoms with E-state index in [0.717, 1.165) is 29.4 Å². The third kappa shape index (κ3) is 1.84. The maximum atomic E-state index is 4.67. The molecule has 0 radical (unpaired) electrons. The van der Waals surface area contributed by atoms with Crippen molar-refractivity contribution in [3.63, 3.8) is 0 Å². The molecule has 0 amide bonds. The van der Waals surface area contributed by atoms with Crippen LogP contribution < -0.4 is 5.32 Å². The molecular formula is C15H21N3S. The molecule has 4 rings (SSSR count). The van der Waals surface area contributed by atoms with Crippen LogP contribution in [0.3, 0.4) is 0 Å². The third-order valence-corrected chi connectivity index (χ3v) is 6.04. The van der Waals surface area contributed by atoms with Gasteiger partial charge in [-0.15, -0.1) is 11.3 Å². The van der Waals surface area contributed by atoms with Gasteiger partial charge >= 0.3 is 0 Å². The monoisotopic (exact) mass is 275 g/mol. The molecule has 0 spiro atoms. The maximum Gasteiger partial charge on any atom is 0.194 e. The molecule has 2 bridgehead atoms. The number of aryl methyl sites for hydroxylation is 2. The Morgan fingerprint density at radius 1 is 1.37 bits per heavy atom. The van der Waals surface area contributed by atoms with Crippen molar-refractivity contribution in [2.45, 2.75) is 52.1 Å². The summed E-state index contributed by atoms with van der Waals surface area (Å²) in [6, 6.07) is 0.752. The molecule has 1 N–H and O–H groups in total. The van der Waals surface area contributed by atoms with Gasteiger partial charge in [0.25, 0.3) is 0 Å². The summed E-state index contributed by atoms with van der Waals surface area (Å²) in [6.07, 6.45) is 5.78. The van der Waals surface area contributed by atoms with Crippen molar-refractivity contribution in [2.75, 3.05) is 0 Å². The second kappa shape index (κ2) is 4.32. The van der Waals surface area contributed by atoms with E-state index in [-0.39, 0.29) is 0 Å². The minimum atomic E-state index is 0.752. The highest BCUT2D eigenvalue weighted by Crippen LogP contribution is 2.44. The van der Waals surface area contributed by atoms with Gasteiger partial charge in [0.15, 0.2) is 4.96 Å². The summed E-state index contributed by atoms with van der Waals surface area (Å²) in [5.41, 5.74) is 3.85. The molecule has 2 fully saturated rings. The average Bonchev–Trinajstić information content (AvgIpc) is 3.11. The zero-order valence-electron chi connectivity index (χ0n) is 11.6. The largest absolute Gasteiger partial charge is 0.308 e. The fourth-order valence-electron chi connectivity index (χ4n) is 4.10. The Kier molecular flexibility index (Phi) is 2.71. The van der Waals surface area contributed by atoms with Crippen LogP contribution in [-0.2, 0) is 6.54 Å². The minimum absolute atomic E-state index is 0.752. The number of thiazole rings is 1. The van der Waals surface area contributed by atoms with Crippen LogP contribution in [0.4, 0.5) is 0 Å².